The van der Waals surface area contributed by atoms with Crippen molar-refractivity contribution in [3.05, 3.63) is 64.4 Å². The lowest BCUT2D eigenvalue weighted by molar-refractivity contribution is -0.111. The molecule has 2 rings (SSSR count). The summed E-state index contributed by atoms with van der Waals surface area (Å²) in [6.45, 7) is 0. The zero-order valence-electron chi connectivity index (χ0n) is 11.7. The molecular formula is C15H12BrFN2O3S. The lowest BCUT2D eigenvalue weighted by Crippen LogP contribution is -2.12. The van der Waals surface area contributed by atoms with Crippen LogP contribution in [0.25, 0.3) is 6.08 Å². The van der Waals surface area contributed by atoms with Gasteiger partial charge in [0, 0.05) is 21.8 Å². The molecule has 0 aliphatic heterocycles. The van der Waals surface area contributed by atoms with Gasteiger partial charge in [0.05, 0.1) is 4.90 Å². The number of hydrogen-bond donors (Lipinski definition) is 2. The summed E-state index contributed by atoms with van der Waals surface area (Å²) in [5.41, 5.74) is 0.654. The average Bonchev–Trinajstić information content (AvgIpc) is 2.48. The summed E-state index contributed by atoms with van der Waals surface area (Å²) < 4.78 is 36.5. The molecule has 3 N–H and O–H groups in total. The maximum atomic E-state index is 13.5. The first-order chi connectivity index (χ1) is 10.8. The highest BCUT2D eigenvalue weighted by Crippen LogP contribution is 2.17. The lowest BCUT2D eigenvalue weighted by atomic mass is 10.2. The molecule has 2 aromatic rings. The largest absolute Gasteiger partial charge is 0.323 e. The Kier molecular flexibility index (Phi) is 5.30. The van der Waals surface area contributed by atoms with E-state index in [1.54, 1.807) is 12.1 Å². The van der Waals surface area contributed by atoms with Crippen molar-refractivity contribution in [1.82, 2.24) is 0 Å². The van der Waals surface area contributed by atoms with Crippen molar-refractivity contribution in [2.45, 2.75) is 4.90 Å². The quantitative estimate of drug-likeness (QED) is 0.775. The number of sulfonamides is 1. The minimum Gasteiger partial charge on any atom is -0.323 e. The fourth-order valence-electron chi connectivity index (χ4n) is 1.72. The van der Waals surface area contributed by atoms with Gasteiger partial charge in [0.15, 0.2) is 0 Å². The van der Waals surface area contributed by atoms with Crippen molar-refractivity contribution in [1.29, 1.82) is 0 Å². The summed E-state index contributed by atoms with van der Waals surface area (Å²) in [5, 5.41) is 7.51. The van der Waals surface area contributed by atoms with Crippen molar-refractivity contribution in [3.8, 4) is 0 Å². The number of carbonyl (C=O) groups is 1. The Labute approximate surface area is 141 Å². The topological polar surface area (TPSA) is 89.3 Å². The second kappa shape index (κ2) is 7.03. The van der Waals surface area contributed by atoms with E-state index in [9.17, 15) is 17.6 Å². The summed E-state index contributed by atoms with van der Waals surface area (Å²) in [4.78, 5) is 11.7. The fourth-order valence-corrected chi connectivity index (χ4v) is 2.61. The first-order valence-corrected chi connectivity index (χ1v) is 8.66. The van der Waals surface area contributed by atoms with E-state index in [0.29, 0.717) is 10.2 Å². The molecule has 0 radical (unpaired) electrons. The summed E-state index contributed by atoms with van der Waals surface area (Å²) in [5.74, 6) is -0.928. The third-order valence-corrected chi connectivity index (χ3v) is 4.25. The van der Waals surface area contributed by atoms with Crippen molar-refractivity contribution in [2.24, 2.45) is 5.14 Å². The first-order valence-electron chi connectivity index (χ1n) is 6.33. The Balaban J connectivity index is 2.07. The van der Waals surface area contributed by atoms with Crippen molar-refractivity contribution >= 4 is 43.6 Å². The Morgan fingerprint density at radius 3 is 2.43 bits per heavy atom. The lowest BCUT2D eigenvalue weighted by Gasteiger charge is -2.03. The average molecular weight is 399 g/mol. The molecule has 0 heterocycles. The van der Waals surface area contributed by atoms with E-state index < -0.39 is 21.7 Å². The van der Waals surface area contributed by atoms with Crippen LogP contribution in [0.1, 0.15) is 5.56 Å². The van der Waals surface area contributed by atoms with Gasteiger partial charge in [-0.05, 0) is 48.5 Å². The Hall–Kier alpha value is -2.03. The van der Waals surface area contributed by atoms with Crippen LogP contribution in [0.5, 0.6) is 0 Å². The predicted octanol–water partition coefficient (Wildman–Crippen LogP) is 2.89. The molecule has 8 heteroatoms. The molecule has 0 spiro atoms. The number of nitrogens with one attached hydrogen (secondary N) is 1. The molecular weight excluding hydrogens is 387 g/mol. The third kappa shape index (κ3) is 4.98. The molecule has 5 nitrogen and oxygen atoms in total. The number of benzene rings is 2. The van der Waals surface area contributed by atoms with Gasteiger partial charge in [0.1, 0.15) is 5.82 Å². The Morgan fingerprint density at radius 1 is 1.17 bits per heavy atom. The number of primary sulfonamides is 1. The van der Waals surface area contributed by atoms with Gasteiger partial charge in [-0.3, -0.25) is 4.79 Å². The third-order valence-electron chi connectivity index (χ3n) is 2.82. The van der Waals surface area contributed by atoms with E-state index in [-0.39, 0.29) is 10.5 Å². The van der Waals surface area contributed by atoms with Crippen molar-refractivity contribution < 1.29 is 17.6 Å². The van der Waals surface area contributed by atoms with Crippen LogP contribution < -0.4 is 10.5 Å². The SMILES string of the molecule is NS(=O)(=O)c1ccc(NC(=O)/C=C\c2cc(Br)ccc2F)cc1. The number of rotatable bonds is 4. The normalized spacial score (nSPS) is 11.6. The van der Waals surface area contributed by atoms with Crippen molar-refractivity contribution in [3.63, 3.8) is 0 Å². The van der Waals surface area contributed by atoms with Gasteiger partial charge in [-0.15, -0.1) is 0 Å². The number of halogens is 2. The van der Waals surface area contributed by atoms with Gasteiger partial charge < -0.3 is 5.32 Å². The Bertz CT molecular complexity index is 865. The van der Waals surface area contributed by atoms with Crippen LogP contribution in [0, 0.1) is 5.82 Å². The summed E-state index contributed by atoms with van der Waals surface area (Å²) in [6.07, 6.45) is 2.52. The van der Waals surface area contributed by atoms with E-state index in [2.05, 4.69) is 21.2 Å². The molecule has 1 amide bonds. The van der Waals surface area contributed by atoms with Crippen LogP contribution >= 0.6 is 15.9 Å². The first kappa shape index (κ1) is 17.3. The number of carbonyl (C=O) groups excluding carboxylic acids is 1. The molecule has 0 saturated heterocycles. The van der Waals surface area contributed by atoms with Crippen LogP contribution in [0.4, 0.5) is 10.1 Å². The molecule has 0 aliphatic rings. The summed E-state index contributed by atoms with van der Waals surface area (Å²) in [6, 6.07) is 9.76. The predicted molar refractivity (Wildman–Crippen MR) is 89.6 cm³/mol. The van der Waals surface area contributed by atoms with Crippen molar-refractivity contribution in [2.75, 3.05) is 5.32 Å². The molecule has 0 bridgehead atoms. The van der Waals surface area contributed by atoms with Gasteiger partial charge in [-0.2, -0.15) is 0 Å². The highest BCUT2D eigenvalue weighted by Gasteiger charge is 2.07. The van der Waals surface area contributed by atoms with Crippen LogP contribution in [-0.4, -0.2) is 14.3 Å². The fraction of sp³-hybridized carbons (Fsp3) is 0. The highest BCUT2D eigenvalue weighted by atomic mass is 79.9. The van der Waals surface area contributed by atoms with Crippen LogP contribution in [0.2, 0.25) is 0 Å². The smallest absolute Gasteiger partial charge is 0.248 e. The monoisotopic (exact) mass is 398 g/mol. The zero-order valence-corrected chi connectivity index (χ0v) is 14.1. The number of amides is 1. The van der Waals surface area contributed by atoms with Crippen LogP contribution in [0.15, 0.2) is 57.9 Å². The maximum absolute atomic E-state index is 13.5. The van der Waals surface area contributed by atoms with E-state index in [4.69, 9.17) is 5.14 Å². The van der Waals surface area contributed by atoms with Gasteiger partial charge in [-0.1, -0.05) is 15.9 Å². The molecule has 0 saturated carbocycles. The minimum atomic E-state index is -3.78. The van der Waals surface area contributed by atoms with Crippen LogP contribution in [0.3, 0.4) is 0 Å². The minimum absolute atomic E-state index is 0.0535. The molecule has 2 aromatic carbocycles. The number of anilines is 1. The number of nitrogens with two attached hydrogens (primary N) is 1. The van der Waals surface area contributed by atoms with Gasteiger partial charge in [0.2, 0.25) is 15.9 Å². The second-order valence-corrected chi connectivity index (χ2v) is 7.03. The van der Waals surface area contributed by atoms with Gasteiger partial charge in [0.25, 0.3) is 0 Å². The molecule has 0 unspecified atom stereocenters. The van der Waals surface area contributed by atoms with E-state index >= 15 is 0 Å². The Morgan fingerprint density at radius 2 is 1.83 bits per heavy atom. The summed E-state index contributed by atoms with van der Waals surface area (Å²) in [7, 11) is -3.78. The van der Waals surface area contributed by atoms with E-state index in [1.807, 2.05) is 0 Å². The second-order valence-electron chi connectivity index (χ2n) is 4.56. The van der Waals surface area contributed by atoms with E-state index in [1.165, 1.54) is 42.5 Å². The molecule has 0 aliphatic carbocycles. The zero-order chi connectivity index (χ0) is 17.0. The molecule has 120 valence electrons. The molecule has 23 heavy (non-hydrogen) atoms. The maximum Gasteiger partial charge on any atom is 0.248 e. The summed E-state index contributed by atoms with van der Waals surface area (Å²) >= 11 is 3.22. The molecule has 0 atom stereocenters. The molecule has 0 fully saturated rings. The van der Waals surface area contributed by atoms with Crippen LogP contribution in [-0.2, 0) is 14.8 Å². The van der Waals surface area contributed by atoms with Gasteiger partial charge in [-0.25, -0.2) is 17.9 Å². The van der Waals surface area contributed by atoms with E-state index in [0.717, 1.165) is 0 Å². The highest BCUT2D eigenvalue weighted by molar-refractivity contribution is 9.10. The molecule has 0 aromatic heterocycles. The number of hydrogen-bond acceptors (Lipinski definition) is 3. The van der Waals surface area contributed by atoms with Gasteiger partial charge >= 0.3 is 0 Å². The standard InChI is InChI=1S/C15H12BrFN2O3S/c16-11-2-7-14(17)10(9-11)1-8-15(20)19-12-3-5-13(6-4-12)23(18,21)22/h1-9H,(H,19,20)(H2,18,21,22)/b8-1-.